The van der Waals surface area contributed by atoms with Crippen LogP contribution in [0.25, 0.3) is 16.7 Å². The summed E-state index contributed by atoms with van der Waals surface area (Å²) in [6, 6.07) is 11.6. The van der Waals surface area contributed by atoms with E-state index in [0.717, 1.165) is 23.8 Å². The summed E-state index contributed by atoms with van der Waals surface area (Å²) < 4.78 is 1.45. The summed E-state index contributed by atoms with van der Waals surface area (Å²) in [5, 5.41) is 12.0. The zero-order valence-corrected chi connectivity index (χ0v) is 15.4. The normalized spacial score (nSPS) is 10.9. The van der Waals surface area contributed by atoms with Gasteiger partial charge in [-0.05, 0) is 49.1 Å². The van der Waals surface area contributed by atoms with E-state index in [-0.39, 0.29) is 11.2 Å². The minimum Gasteiger partial charge on any atom is -0.269 e. The van der Waals surface area contributed by atoms with Gasteiger partial charge in [-0.15, -0.1) is 0 Å². The van der Waals surface area contributed by atoms with Crippen LogP contribution < -0.4 is 5.56 Å². The summed E-state index contributed by atoms with van der Waals surface area (Å²) in [5.74, 6) is 0. The van der Waals surface area contributed by atoms with Crippen molar-refractivity contribution >= 4 is 16.7 Å². The molecule has 0 fully saturated rings. The predicted molar refractivity (Wildman–Crippen MR) is 108 cm³/mol. The third-order valence-corrected chi connectivity index (χ3v) is 4.66. The minimum atomic E-state index is -0.476. The quantitative estimate of drug-likeness (QED) is 0.371. The number of nitrogens with zero attached hydrogens (tertiary/aromatic N) is 5. The first-order valence-corrected chi connectivity index (χ1v) is 9.12. The maximum atomic E-state index is 13.2. The van der Waals surface area contributed by atoms with Crippen LogP contribution in [0.3, 0.4) is 0 Å². The second kappa shape index (κ2) is 7.97. The largest absolute Gasteiger partial charge is 0.271 e. The van der Waals surface area contributed by atoms with E-state index in [1.165, 1.54) is 23.0 Å². The van der Waals surface area contributed by atoms with Crippen LogP contribution >= 0.6 is 0 Å². The molecule has 0 aliphatic heterocycles. The topological polar surface area (TPSA) is 104 Å². The zero-order chi connectivity index (χ0) is 20.2. The number of benzene rings is 1. The molecule has 3 heterocycles. The number of fused-ring (bicyclic) bond motifs is 1. The van der Waals surface area contributed by atoms with Crippen LogP contribution in [0.2, 0.25) is 0 Å². The molecule has 0 aliphatic carbocycles. The van der Waals surface area contributed by atoms with Gasteiger partial charge < -0.3 is 0 Å². The predicted octanol–water partition coefficient (Wildman–Crippen LogP) is 3.26. The lowest BCUT2D eigenvalue weighted by atomic mass is 10.1. The van der Waals surface area contributed by atoms with E-state index in [9.17, 15) is 14.9 Å². The second-order valence-corrected chi connectivity index (χ2v) is 6.60. The Balaban J connectivity index is 1.75. The molecule has 0 atom stereocenters. The second-order valence-electron chi connectivity index (χ2n) is 6.60. The van der Waals surface area contributed by atoms with Crippen LogP contribution in [-0.4, -0.2) is 24.4 Å². The SMILES string of the molecule is O=c1c(CCCc2cncnc2)cc2cccnc2n1-c1cccc([N+](=O)[O-])c1. The number of rotatable bonds is 6. The lowest BCUT2D eigenvalue weighted by Crippen LogP contribution is -2.23. The lowest BCUT2D eigenvalue weighted by molar-refractivity contribution is -0.384. The molecule has 0 N–H and O–H groups in total. The molecule has 0 radical (unpaired) electrons. The fraction of sp³-hybridized carbons (Fsp3) is 0.143. The zero-order valence-electron chi connectivity index (χ0n) is 15.4. The number of hydrogen-bond donors (Lipinski definition) is 0. The number of nitro groups is 1. The molecule has 8 heteroatoms. The molecule has 0 amide bonds. The highest BCUT2D eigenvalue weighted by Crippen LogP contribution is 2.20. The van der Waals surface area contributed by atoms with Gasteiger partial charge in [0.1, 0.15) is 12.0 Å². The van der Waals surface area contributed by atoms with Crippen LogP contribution in [0.5, 0.6) is 0 Å². The maximum Gasteiger partial charge on any atom is 0.271 e. The number of aryl methyl sites for hydroxylation is 2. The fourth-order valence-corrected chi connectivity index (χ4v) is 3.30. The average Bonchev–Trinajstić information content (AvgIpc) is 2.75. The fourth-order valence-electron chi connectivity index (χ4n) is 3.30. The van der Waals surface area contributed by atoms with Crippen molar-refractivity contribution in [1.82, 2.24) is 19.5 Å². The molecule has 0 saturated carbocycles. The van der Waals surface area contributed by atoms with E-state index in [1.807, 2.05) is 12.1 Å². The van der Waals surface area contributed by atoms with Gasteiger partial charge in [0.2, 0.25) is 0 Å². The molecule has 1 aromatic carbocycles. The highest BCUT2D eigenvalue weighted by Gasteiger charge is 2.14. The van der Waals surface area contributed by atoms with E-state index < -0.39 is 4.92 Å². The first-order chi connectivity index (χ1) is 14.1. The van der Waals surface area contributed by atoms with Crippen LogP contribution in [0.15, 0.2) is 72.2 Å². The van der Waals surface area contributed by atoms with Crippen molar-refractivity contribution in [2.75, 3.05) is 0 Å². The molecule has 3 aromatic heterocycles. The standard InChI is InChI=1S/C21H17N5O3/c27-21-17(5-1-4-15-12-22-14-23-13-15)10-16-6-3-9-24-20(16)25(21)18-7-2-8-19(11-18)26(28)29/h2-3,6-14H,1,4-5H2. The summed E-state index contributed by atoms with van der Waals surface area (Å²) in [4.78, 5) is 36.3. The number of non-ortho nitro benzene ring substituents is 1. The summed E-state index contributed by atoms with van der Waals surface area (Å²) >= 11 is 0. The first-order valence-electron chi connectivity index (χ1n) is 9.12. The molecule has 0 saturated heterocycles. The van der Waals surface area contributed by atoms with Gasteiger partial charge >= 0.3 is 0 Å². The van der Waals surface area contributed by atoms with E-state index in [0.29, 0.717) is 23.3 Å². The Bertz CT molecular complexity index is 1240. The molecule has 144 valence electrons. The van der Waals surface area contributed by atoms with E-state index in [2.05, 4.69) is 15.0 Å². The average molecular weight is 387 g/mol. The molecular formula is C21H17N5O3. The lowest BCUT2D eigenvalue weighted by Gasteiger charge is -2.12. The molecule has 0 bridgehead atoms. The number of aromatic nitrogens is 4. The summed E-state index contributed by atoms with van der Waals surface area (Å²) in [7, 11) is 0. The minimum absolute atomic E-state index is 0.0760. The summed E-state index contributed by atoms with van der Waals surface area (Å²) in [6.45, 7) is 0. The Morgan fingerprint density at radius 2 is 1.86 bits per heavy atom. The van der Waals surface area contributed by atoms with Crippen LogP contribution in [0.1, 0.15) is 17.5 Å². The first kappa shape index (κ1) is 18.4. The van der Waals surface area contributed by atoms with Gasteiger partial charge in [-0.25, -0.2) is 15.0 Å². The van der Waals surface area contributed by atoms with Gasteiger partial charge in [0.25, 0.3) is 11.2 Å². The Hall–Kier alpha value is -3.94. The summed E-state index contributed by atoms with van der Waals surface area (Å²) in [5.41, 5.74) is 2.24. The maximum absolute atomic E-state index is 13.2. The Morgan fingerprint density at radius 3 is 2.66 bits per heavy atom. The van der Waals surface area contributed by atoms with Gasteiger partial charge in [0.05, 0.1) is 10.6 Å². The van der Waals surface area contributed by atoms with E-state index >= 15 is 0 Å². The van der Waals surface area contributed by atoms with E-state index in [1.54, 1.807) is 36.8 Å². The van der Waals surface area contributed by atoms with Crippen molar-refractivity contribution in [2.24, 2.45) is 0 Å². The van der Waals surface area contributed by atoms with Gasteiger partial charge in [0.15, 0.2) is 0 Å². The third-order valence-electron chi connectivity index (χ3n) is 4.66. The molecule has 4 rings (SSSR count). The molecule has 8 nitrogen and oxygen atoms in total. The highest BCUT2D eigenvalue weighted by molar-refractivity contribution is 5.77. The molecule has 29 heavy (non-hydrogen) atoms. The molecular weight excluding hydrogens is 370 g/mol. The van der Waals surface area contributed by atoms with Gasteiger partial charge in [-0.2, -0.15) is 0 Å². The van der Waals surface area contributed by atoms with Crippen molar-refractivity contribution in [2.45, 2.75) is 19.3 Å². The molecule has 0 aliphatic rings. The Morgan fingerprint density at radius 1 is 1.03 bits per heavy atom. The Labute approximate surface area is 165 Å². The molecule has 0 spiro atoms. The Kier molecular flexibility index (Phi) is 5.07. The molecule has 0 unspecified atom stereocenters. The summed E-state index contributed by atoms with van der Waals surface area (Å²) in [6.07, 6.45) is 8.68. The highest BCUT2D eigenvalue weighted by atomic mass is 16.6. The van der Waals surface area contributed by atoms with Crippen molar-refractivity contribution in [3.8, 4) is 5.69 Å². The van der Waals surface area contributed by atoms with Crippen LogP contribution in [0.4, 0.5) is 5.69 Å². The molecule has 4 aromatic rings. The number of hydrogen-bond acceptors (Lipinski definition) is 6. The smallest absolute Gasteiger partial charge is 0.269 e. The van der Waals surface area contributed by atoms with Crippen molar-refractivity contribution in [3.63, 3.8) is 0 Å². The van der Waals surface area contributed by atoms with Gasteiger partial charge in [0, 0.05) is 41.7 Å². The van der Waals surface area contributed by atoms with Crippen LogP contribution in [-0.2, 0) is 12.8 Å². The third kappa shape index (κ3) is 3.86. The van der Waals surface area contributed by atoms with Crippen molar-refractivity contribution in [3.05, 3.63) is 99.0 Å². The monoisotopic (exact) mass is 387 g/mol. The van der Waals surface area contributed by atoms with Crippen molar-refractivity contribution < 1.29 is 4.92 Å². The van der Waals surface area contributed by atoms with Gasteiger partial charge in [-0.1, -0.05) is 6.07 Å². The van der Waals surface area contributed by atoms with E-state index in [4.69, 9.17) is 0 Å². The number of pyridine rings is 2. The number of nitro benzene ring substituents is 1. The van der Waals surface area contributed by atoms with Gasteiger partial charge in [-0.3, -0.25) is 19.5 Å². The van der Waals surface area contributed by atoms with Crippen LogP contribution in [0, 0.1) is 10.1 Å². The van der Waals surface area contributed by atoms with Crippen molar-refractivity contribution in [1.29, 1.82) is 0 Å².